The van der Waals surface area contributed by atoms with E-state index < -0.39 is 6.04 Å². The number of amides is 3. The van der Waals surface area contributed by atoms with Gasteiger partial charge in [0.05, 0.1) is 18.9 Å². The van der Waals surface area contributed by atoms with Gasteiger partial charge in [-0.25, -0.2) is 4.98 Å². The summed E-state index contributed by atoms with van der Waals surface area (Å²) in [5.41, 5.74) is 1.16. The first-order chi connectivity index (χ1) is 21.0. The Morgan fingerprint density at radius 2 is 1.60 bits per heavy atom. The van der Waals surface area contributed by atoms with E-state index in [0.29, 0.717) is 48.2 Å². The smallest absolute Gasteiger partial charge is 0.248 e. The summed E-state index contributed by atoms with van der Waals surface area (Å²) < 4.78 is 11.6. The number of nitrogens with one attached hydrogen (secondary N) is 2. The maximum atomic E-state index is 14.1. The summed E-state index contributed by atoms with van der Waals surface area (Å²) in [6, 6.07) is 18.9. The number of pyridine rings is 1. The summed E-state index contributed by atoms with van der Waals surface area (Å²) in [5, 5.41) is 6.00. The summed E-state index contributed by atoms with van der Waals surface area (Å²) in [6.07, 6.45) is 7.20. The second-order valence-corrected chi connectivity index (χ2v) is 10.5. The molecule has 4 rings (SSSR count). The predicted molar refractivity (Wildman–Crippen MR) is 167 cm³/mol. The molecular formula is C34H42N4O5. The molecule has 1 aliphatic carbocycles. The molecule has 9 heteroatoms. The zero-order valence-electron chi connectivity index (χ0n) is 25.1. The molecule has 1 fully saturated rings. The molecule has 9 nitrogen and oxygen atoms in total. The summed E-state index contributed by atoms with van der Waals surface area (Å²) in [6.45, 7) is 4.71. The molecule has 0 unspecified atom stereocenters. The lowest BCUT2D eigenvalue weighted by Crippen LogP contribution is -2.47. The third-order valence-electron chi connectivity index (χ3n) is 7.39. The Labute approximate surface area is 254 Å². The average molecular weight is 587 g/mol. The van der Waals surface area contributed by atoms with Crippen LogP contribution < -0.4 is 25.0 Å². The lowest BCUT2D eigenvalue weighted by atomic mass is 9.94. The molecule has 0 aliphatic heterocycles. The standard InChI is InChI=1S/C34H42N4O5/c1-3-42-27-22-20-25(21-23-27)33(34(41)36-26-13-6-5-7-14-26)38(28-15-8-9-16-29(28)43-4-2)32(40)19-12-18-31(39)37-30-17-10-11-24-35-30/h8-11,15-17,20-24,26,33H,3-7,12-14,18-19H2,1-2H3,(H,36,41)(H,35,37,39)/t33-/m0/s1. The lowest BCUT2D eigenvalue weighted by molar-refractivity contribution is -0.127. The number of hydrogen-bond donors (Lipinski definition) is 2. The van der Waals surface area contributed by atoms with E-state index in [0.717, 1.165) is 32.1 Å². The number of anilines is 2. The van der Waals surface area contributed by atoms with Crippen molar-refractivity contribution in [2.45, 2.75) is 77.3 Å². The molecule has 0 saturated heterocycles. The van der Waals surface area contributed by atoms with Gasteiger partial charge in [0.25, 0.3) is 0 Å². The minimum Gasteiger partial charge on any atom is -0.494 e. The highest BCUT2D eigenvalue weighted by molar-refractivity contribution is 6.02. The Morgan fingerprint density at radius 1 is 0.884 bits per heavy atom. The molecule has 3 aromatic rings. The van der Waals surface area contributed by atoms with Crippen LogP contribution >= 0.6 is 0 Å². The van der Waals surface area contributed by atoms with Gasteiger partial charge in [0, 0.05) is 25.1 Å². The van der Waals surface area contributed by atoms with Gasteiger partial charge in [-0.1, -0.05) is 49.6 Å². The molecule has 0 spiro atoms. The van der Waals surface area contributed by atoms with Gasteiger partial charge < -0.3 is 20.1 Å². The van der Waals surface area contributed by atoms with Crippen LogP contribution in [0, 0.1) is 0 Å². The molecule has 0 bridgehead atoms. The van der Waals surface area contributed by atoms with Gasteiger partial charge in [-0.15, -0.1) is 0 Å². The SMILES string of the molecule is CCOc1ccc([C@@H](C(=O)NC2CCCCC2)N(C(=O)CCCC(=O)Nc2ccccn2)c2ccccc2OCC)cc1. The molecule has 2 N–H and O–H groups in total. The van der Waals surface area contributed by atoms with Crippen LogP contribution in [0.4, 0.5) is 11.5 Å². The van der Waals surface area contributed by atoms with E-state index in [9.17, 15) is 14.4 Å². The van der Waals surface area contributed by atoms with Crippen molar-refractivity contribution in [3.8, 4) is 11.5 Å². The predicted octanol–water partition coefficient (Wildman–Crippen LogP) is 6.21. The first-order valence-corrected chi connectivity index (χ1v) is 15.3. The fraction of sp³-hybridized carbons (Fsp3) is 0.412. The van der Waals surface area contributed by atoms with Crippen molar-refractivity contribution in [1.29, 1.82) is 0 Å². The van der Waals surface area contributed by atoms with Crippen LogP contribution in [0.5, 0.6) is 11.5 Å². The maximum absolute atomic E-state index is 14.1. The summed E-state index contributed by atoms with van der Waals surface area (Å²) in [4.78, 5) is 46.5. The molecule has 43 heavy (non-hydrogen) atoms. The number of para-hydroxylation sites is 2. The molecule has 1 aromatic heterocycles. The number of aromatic nitrogens is 1. The third kappa shape index (κ3) is 9.04. The minimum absolute atomic E-state index is 0.0559. The van der Waals surface area contributed by atoms with Crippen LogP contribution in [0.3, 0.4) is 0 Å². The topological polar surface area (TPSA) is 110 Å². The van der Waals surface area contributed by atoms with Gasteiger partial charge >= 0.3 is 0 Å². The van der Waals surface area contributed by atoms with Gasteiger partial charge in [-0.05, 0) is 75.1 Å². The Hall–Kier alpha value is -4.40. The molecular weight excluding hydrogens is 544 g/mol. The number of ether oxygens (including phenoxy) is 2. The molecule has 0 radical (unpaired) electrons. The van der Waals surface area contributed by atoms with Crippen molar-refractivity contribution >= 4 is 29.2 Å². The Bertz CT molecular complexity index is 1330. The first kappa shape index (κ1) is 31.5. The van der Waals surface area contributed by atoms with Crippen molar-refractivity contribution in [3.05, 3.63) is 78.5 Å². The Kier molecular flexibility index (Phi) is 11.9. The molecule has 1 atom stereocenters. The van der Waals surface area contributed by atoms with Crippen LogP contribution in [0.1, 0.15) is 76.8 Å². The van der Waals surface area contributed by atoms with Crippen LogP contribution in [-0.4, -0.2) is 42.0 Å². The second-order valence-electron chi connectivity index (χ2n) is 10.5. The molecule has 3 amide bonds. The Morgan fingerprint density at radius 3 is 2.30 bits per heavy atom. The zero-order valence-corrected chi connectivity index (χ0v) is 25.1. The summed E-state index contributed by atoms with van der Waals surface area (Å²) >= 11 is 0. The number of nitrogens with zero attached hydrogens (tertiary/aromatic N) is 2. The average Bonchev–Trinajstić information content (AvgIpc) is 3.02. The Balaban J connectivity index is 1.64. The maximum Gasteiger partial charge on any atom is 0.248 e. The monoisotopic (exact) mass is 586 g/mol. The van der Waals surface area contributed by atoms with E-state index in [4.69, 9.17) is 9.47 Å². The van der Waals surface area contributed by atoms with E-state index in [-0.39, 0.29) is 36.6 Å². The number of hydrogen-bond acceptors (Lipinski definition) is 6. The molecule has 2 aromatic carbocycles. The van der Waals surface area contributed by atoms with Gasteiger partial charge in [-0.2, -0.15) is 0 Å². The molecule has 1 heterocycles. The van der Waals surface area contributed by atoms with Crippen LogP contribution in [-0.2, 0) is 14.4 Å². The normalized spacial score (nSPS) is 13.9. The van der Waals surface area contributed by atoms with Crippen molar-refractivity contribution < 1.29 is 23.9 Å². The molecule has 1 saturated carbocycles. The fourth-order valence-corrected chi connectivity index (χ4v) is 5.37. The van der Waals surface area contributed by atoms with Crippen molar-refractivity contribution in [2.24, 2.45) is 0 Å². The van der Waals surface area contributed by atoms with E-state index >= 15 is 0 Å². The molecule has 228 valence electrons. The quantitative estimate of drug-likeness (QED) is 0.232. The second kappa shape index (κ2) is 16.3. The number of carbonyl (C=O) groups is 3. The summed E-state index contributed by atoms with van der Waals surface area (Å²) in [5.74, 6) is 0.892. The van der Waals surface area contributed by atoms with E-state index in [1.807, 2.05) is 50.2 Å². The highest BCUT2D eigenvalue weighted by Gasteiger charge is 2.35. The van der Waals surface area contributed by atoms with E-state index in [2.05, 4.69) is 15.6 Å². The highest BCUT2D eigenvalue weighted by Crippen LogP contribution is 2.36. The fourth-order valence-electron chi connectivity index (χ4n) is 5.37. The van der Waals surface area contributed by atoms with Gasteiger partial charge in [0.1, 0.15) is 23.4 Å². The van der Waals surface area contributed by atoms with Crippen molar-refractivity contribution in [2.75, 3.05) is 23.4 Å². The molecule has 1 aliphatic rings. The number of rotatable bonds is 14. The lowest BCUT2D eigenvalue weighted by Gasteiger charge is -2.34. The minimum atomic E-state index is -0.950. The highest BCUT2D eigenvalue weighted by atomic mass is 16.5. The van der Waals surface area contributed by atoms with Crippen LogP contribution in [0.15, 0.2) is 72.9 Å². The van der Waals surface area contributed by atoms with Gasteiger partial charge in [-0.3, -0.25) is 19.3 Å². The van der Waals surface area contributed by atoms with E-state index in [1.54, 1.807) is 36.5 Å². The van der Waals surface area contributed by atoms with Gasteiger partial charge in [0.2, 0.25) is 17.7 Å². The number of benzene rings is 2. The van der Waals surface area contributed by atoms with Crippen LogP contribution in [0.2, 0.25) is 0 Å². The van der Waals surface area contributed by atoms with Crippen molar-refractivity contribution in [3.63, 3.8) is 0 Å². The largest absolute Gasteiger partial charge is 0.494 e. The zero-order chi connectivity index (χ0) is 30.4. The van der Waals surface area contributed by atoms with Gasteiger partial charge in [0.15, 0.2) is 0 Å². The summed E-state index contributed by atoms with van der Waals surface area (Å²) in [7, 11) is 0. The third-order valence-corrected chi connectivity index (χ3v) is 7.39. The van der Waals surface area contributed by atoms with E-state index in [1.165, 1.54) is 4.90 Å². The van der Waals surface area contributed by atoms with Crippen LogP contribution in [0.25, 0.3) is 0 Å². The number of carbonyl (C=O) groups excluding carboxylic acids is 3. The van der Waals surface area contributed by atoms with Crippen molar-refractivity contribution in [1.82, 2.24) is 10.3 Å². The first-order valence-electron chi connectivity index (χ1n) is 15.3.